The highest BCUT2D eigenvalue weighted by atomic mass is 32.1. The maximum Gasteiger partial charge on any atom is 0.124 e. The first-order valence-electron chi connectivity index (χ1n) is 2.78. The van der Waals surface area contributed by atoms with E-state index in [9.17, 15) is 0 Å². The number of aryl methyl sites for hydroxylation is 1. The average Bonchev–Trinajstić information content (AvgIpc) is 2.34. The third kappa shape index (κ3) is 1.30. The van der Waals surface area contributed by atoms with Crippen LogP contribution in [0.2, 0.25) is 0 Å². The van der Waals surface area contributed by atoms with Crippen molar-refractivity contribution in [3.63, 3.8) is 0 Å². The fraction of sp³-hybridized carbons (Fsp3) is 0.286. The van der Waals surface area contributed by atoms with Crippen LogP contribution < -0.4 is 0 Å². The van der Waals surface area contributed by atoms with E-state index in [1.165, 1.54) is 0 Å². The third-order valence-corrected chi connectivity index (χ3v) is 2.00. The van der Waals surface area contributed by atoms with Crippen molar-refractivity contribution >= 4 is 11.3 Å². The van der Waals surface area contributed by atoms with E-state index in [-0.39, 0.29) is 0 Å². The van der Waals surface area contributed by atoms with Gasteiger partial charge in [-0.25, -0.2) is 4.98 Å². The molecule has 0 saturated heterocycles. The van der Waals surface area contributed by atoms with E-state index >= 15 is 0 Å². The van der Waals surface area contributed by atoms with E-state index in [2.05, 4.69) is 17.8 Å². The number of nitrogens with zero attached hydrogens (tertiary/aromatic N) is 1. The smallest absolute Gasteiger partial charge is 0.124 e. The van der Waals surface area contributed by atoms with Gasteiger partial charge >= 0.3 is 0 Å². The standard InChI is InChI=1S/C7H7NS/c1-3-6-5-9-7(4-2)8-6/h1,5H,4H2,2H3. The van der Waals surface area contributed by atoms with Gasteiger partial charge in [0.25, 0.3) is 0 Å². The monoisotopic (exact) mass is 137 g/mol. The van der Waals surface area contributed by atoms with Gasteiger partial charge in [-0.15, -0.1) is 17.8 Å². The summed E-state index contributed by atoms with van der Waals surface area (Å²) in [4.78, 5) is 4.13. The summed E-state index contributed by atoms with van der Waals surface area (Å²) in [5.74, 6) is 2.48. The van der Waals surface area contributed by atoms with E-state index in [0.717, 1.165) is 17.1 Å². The van der Waals surface area contributed by atoms with Crippen molar-refractivity contribution in [1.82, 2.24) is 4.98 Å². The van der Waals surface area contributed by atoms with E-state index in [4.69, 9.17) is 6.42 Å². The number of terminal acetylenes is 1. The summed E-state index contributed by atoms with van der Waals surface area (Å²) < 4.78 is 0. The first kappa shape index (κ1) is 6.31. The maximum absolute atomic E-state index is 5.11. The molecule has 0 fully saturated rings. The molecule has 0 N–H and O–H groups in total. The summed E-state index contributed by atoms with van der Waals surface area (Å²) in [5.41, 5.74) is 0.761. The van der Waals surface area contributed by atoms with Crippen molar-refractivity contribution in [2.24, 2.45) is 0 Å². The van der Waals surface area contributed by atoms with Crippen LogP contribution in [0.25, 0.3) is 0 Å². The molecule has 0 amide bonds. The molecule has 0 saturated carbocycles. The Morgan fingerprint density at radius 3 is 3.00 bits per heavy atom. The van der Waals surface area contributed by atoms with Gasteiger partial charge in [-0.3, -0.25) is 0 Å². The molecule has 0 aliphatic carbocycles. The highest BCUT2D eigenvalue weighted by molar-refractivity contribution is 7.09. The zero-order valence-corrected chi connectivity index (χ0v) is 6.03. The molecular formula is C7H7NS. The van der Waals surface area contributed by atoms with Gasteiger partial charge in [0.05, 0.1) is 5.01 Å². The number of hydrogen-bond acceptors (Lipinski definition) is 2. The quantitative estimate of drug-likeness (QED) is 0.537. The summed E-state index contributed by atoms with van der Waals surface area (Å²) in [7, 11) is 0. The lowest BCUT2D eigenvalue weighted by Gasteiger charge is -1.79. The van der Waals surface area contributed by atoms with Crippen LogP contribution in [0.5, 0.6) is 0 Å². The molecule has 0 spiro atoms. The Morgan fingerprint density at radius 1 is 1.89 bits per heavy atom. The maximum atomic E-state index is 5.11. The molecule has 1 rings (SSSR count). The Morgan fingerprint density at radius 2 is 2.67 bits per heavy atom. The van der Waals surface area contributed by atoms with Crippen LogP contribution in [-0.2, 0) is 6.42 Å². The fourth-order valence-corrected chi connectivity index (χ4v) is 1.23. The Kier molecular flexibility index (Phi) is 1.86. The Bertz CT molecular complexity index is 231. The van der Waals surface area contributed by atoms with Crippen molar-refractivity contribution in [2.75, 3.05) is 0 Å². The van der Waals surface area contributed by atoms with Gasteiger partial charge in [0.1, 0.15) is 5.69 Å². The van der Waals surface area contributed by atoms with Crippen molar-refractivity contribution in [2.45, 2.75) is 13.3 Å². The third-order valence-electron chi connectivity index (χ3n) is 1.00. The molecule has 2 heteroatoms. The highest BCUT2D eigenvalue weighted by Gasteiger charge is 1.93. The molecular weight excluding hydrogens is 130 g/mol. The predicted molar refractivity (Wildman–Crippen MR) is 39.4 cm³/mol. The van der Waals surface area contributed by atoms with Crippen LogP contribution in [0.15, 0.2) is 5.38 Å². The molecule has 0 aliphatic rings. The normalized spacial score (nSPS) is 8.89. The predicted octanol–water partition coefficient (Wildman–Crippen LogP) is 1.69. The van der Waals surface area contributed by atoms with Crippen molar-refractivity contribution in [3.05, 3.63) is 16.1 Å². The van der Waals surface area contributed by atoms with E-state index < -0.39 is 0 Å². The van der Waals surface area contributed by atoms with E-state index in [0.29, 0.717) is 0 Å². The van der Waals surface area contributed by atoms with Gasteiger partial charge in [-0.1, -0.05) is 6.92 Å². The lowest BCUT2D eigenvalue weighted by molar-refractivity contribution is 1.09. The van der Waals surface area contributed by atoms with Gasteiger partial charge in [0.15, 0.2) is 0 Å². The van der Waals surface area contributed by atoms with Gasteiger partial charge < -0.3 is 0 Å². The molecule has 0 aromatic carbocycles. The number of rotatable bonds is 1. The molecule has 0 bridgehead atoms. The second-order valence-corrected chi connectivity index (χ2v) is 2.57. The summed E-state index contributed by atoms with van der Waals surface area (Å²) in [6.45, 7) is 2.07. The average molecular weight is 137 g/mol. The SMILES string of the molecule is C#Cc1csc(CC)n1. The van der Waals surface area contributed by atoms with Gasteiger partial charge in [0, 0.05) is 5.38 Å². The second-order valence-electron chi connectivity index (χ2n) is 1.62. The zero-order valence-electron chi connectivity index (χ0n) is 5.22. The van der Waals surface area contributed by atoms with Gasteiger partial charge in [-0.05, 0) is 12.3 Å². The first-order valence-corrected chi connectivity index (χ1v) is 3.65. The molecule has 0 atom stereocenters. The molecule has 1 aromatic heterocycles. The molecule has 1 heterocycles. The summed E-state index contributed by atoms with van der Waals surface area (Å²) in [6, 6.07) is 0. The van der Waals surface area contributed by atoms with Crippen LogP contribution in [0.4, 0.5) is 0 Å². The molecule has 0 unspecified atom stereocenters. The van der Waals surface area contributed by atoms with Crippen LogP contribution in [-0.4, -0.2) is 4.98 Å². The molecule has 1 nitrogen and oxygen atoms in total. The zero-order chi connectivity index (χ0) is 6.69. The van der Waals surface area contributed by atoms with Gasteiger partial charge in [0.2, 0.25) is 0 Å². The minimum absolute atomic E-state index is 0.761. The highest BCUT2D eigenvalue weighted by Crippen LogP contribution is 2.08. The summed E-state index contributed by atoms with van der Waals surface area (Å²) in [6.07, 6.45) is 6.09. The van der Waals surface area contributed by atoms with Crippen LogP contribution >= 0.6 is 11.3 Å². The van der Waals surface area contributed by atoms with Crippen LogP contribution in [0.1, 0.15) is 17.6 Å². The molecule has 1 aromatic rings. The second kappa shape index (κ2) is 2.65. The fourth-order valence-electron chi connectivity index (χ4n) is 0.540. The summed E-state index contributed by atoms with van der Waals surface area (Å²) in [5, 5.41) is 3.02. The van der Waals surface area contributed by atoms with E-state index in [1.54, 1.807) is 11.3 Å². The molecule has 9 heavy (non-hydrogen) atoms. The number of hydrogen-bond donors (Lipinski definition) is 0. The lowest BCUT2D eigenvalue weighted by Crippen LogP contribution is -1.76. The number of thiazole rings is 1. The van der Waals surface area contributed by atoms with Crippen LogP contribution in [0, 0.1) is 12.3 Å². The van der Waals surface area contributed by atoms with Crippen LogP contribution in [0.3, 0.4) is 0 Å². The molecule has 0 aliphatic heterocycles. The van der Waals surface area contributed by atoms with Gasteiger partial charge in [-0.2, -0.15) is 0 Å². The van der Waals surface area contributed by atoms with E-state index in [1.807, 2.05) is 5.38 Å². The molecule has 46 valence electrons. The summed E-state index contributed by atoms with van der Waals surface area (Å²) >= 11 is 1.62. The Labute approximate surface area is 58.8 Å². The minimum atomic E-state index is 0.761. The van der Waals surface area contributed by atoms with Crippen molar-refractivity contribution in [3.8, 4) is 12.3 Å². The lowest BCUT2D eigenvalue weighted by atomic mass is 10.5. The Balaban J connectivity index is 2.90. The van der Waals surface area contributed by atoms with Crippen molar-refractivity contribution < 1.29 is 0 Å². The minimum Gasteiger partial charge on any atom is -0.233 e. The topological polar surface area (TPSA) is 12.9 Å². The Hall–Kier alpha value is -0.810. The molecule has 0 radical (unpaired) electrons. The largest absolute Gasteiger partial charge is 0.233 e. The number of aromatic nitrogens is 1. The van der Waals surface area contributed by atoms with Crippen molar-refractivity contribution in [1.29, 1.82) is 0 Å². The first-order chi connectivity index (χ1) is 4.36.